The maximum absolute atomic E-state index is 8.91. The molecule has 19 heavy (non-hydrogen) atoms. The molecule has 1 atom stereocenters. The van der Waals surface area contributed by atoms with Gasteiger partial charge in [-0.25, -0.2) is 4.98 Å². The third kappa shape index (κ3) is 4.40. The quantitative estimate of drug-likeness (QED) is 0.845. The summed E-state index contributed by atoms with van der Waals surface area (Å²) in [5.41, 5.74) is 1.29. The lowest BCUT2D eigenvalue weighted by Crippen LogP contribution is -2.06. The third-order valence-electron chi connectivity index (χ3n) is 3.03. The average molecular weight is 276 g/mol. The first kappa shape index (κ1) is 14.2. The zero-order valence-electron chi connectivity index (χ0n) is 11.2. The van der Waals surface area contributed by atoms with Gasteiger partial charge < -0.3 is 9.67 Å². The number of hydrogen-bond donors (Lipinski definition) is 1. The molecule has 1 N–H and O–H groups in total. The molecule has 0 radical (unpaired) electrons. The maximum Gasteiger partial charge on any atom is 0.118 e. The highest BCUT2D eigenvalue weighted by molar-refractivity contribution is 7.99. The molecule has 0 aliphatic heterocycles. The lowest BCUT2D eigenvalue weighted by atomic mass is 10.2. The molecular weight excluding hydrogens is 256 g/mol. The van der Waals surface area contributed by atoms with E-state index in [1.807, 2.05) is 30.2 Å². The van der Waals surface area contributed by atoms with Crippen LogP contribution in [0, 0.1) is 0 Å². The highest BCUT2D eigenvalue weighted by Gasteiger charge is 2.07. The molecule has 3 nitrogen and oxygen atoms in total. The zero-order valence-corrected chi connectivity index (χ0v) is 12.0. The lowest BCUT2D eigenvalue weighted by Gasteiger charge is -2.11. The van der Waals surface area contributed by atoms with Crippen LogP contribution in [0.3, 0.4) is 0 Å². The number of imidazole rings is 1. The van der Waals surface area contributed by atoms with Crippen molar-refractivity contribution >= 4 is 11.8 Å². The Labute approximate surface area is 118 Å². The van der Waals surface area contributed by atoms with Crippen molar-refractivity contribution in [3.05, 3.63) is 54.1 Å². The molecule has 0 saturated carbocycles. The number of aliphatic hydroxyl groups excluding tert-OH is 1. The van der Waals surface area contributed by atoms with Crippen molar-refractivity contribution in [3.63, 3.8) is 0 Å². The van der Waals surface area contributed by atoms with Gasteiger partial charge in [-0.15, -0.1) is 0 Å². The number of thioether (sulfide) groups is 1. The van der Waals surface area contributed by atoms with Crippen molar-refractivity contribution in [1.29, 1.82) is 0 Å². The molecule has 0 spiro atoms. The van der Waals surface area contributed by atoms with Gasteiger partial charge >= 0.3 is 0 Å². The van der Waals surface area contributed by atoms with Crippen LogP contribution in [0.2, 0.25) is 0 Å². The Bertz CT molecular complexity index is 484. The van der Waals surface area contributed by atoms with E-state index in [9.17, 15) is 0 Å². The van der Waals surface area contributed by atoms with Crippen LogP contribution in [-0.4, -0.2) is 26.5 Å². The van der Waals surface area contributed by atoms with Crippen LogP contribution in [-0.2, 0) is 12.3 Å². The lowest BCUT2D eigenvalue weighted by molar-refractivity contribution is 0.289. The van der Waals surface area contributed by atoms with Gasteiger partial charge in [0.25, 0.3) is 0 Å². The molecule has 1 heterocycles. The Morgan fingerprint density at radius 3 is 2.84 bits per heavy atom. The molecule has 0 amide bonds. The van der Waals surface area contributed by atoms with Gasteiger partial charge in [0, 0.05) is 30.8 Å². The van der Waals surface area contributed by atoms with Crippen LogP contribution < -0.4 is 0 Å². The van der Waals surface area contributed by atoms with E-state index in [1.54, 1.807) is 0 Å². The van der Waals surface area contributed by atoms with Gasteiger partial charge in [0.2, 0.25) is 0 Å². The van der Waals surface area contributed by atoms with E-state index in [2.05, 4.69) is 40.7 Å². The summed E-state index contributed by atoms with van der Waals surface area (Å²) >= 11 is 1.84. The minimum atomic E-state index is 0.257. The molecule has 0 fully saturated rings. The van der Waals surface area contributed by atoms with Gasteiger partial charge in [-0.05, 0) is 12.0 Å². The normalized spacial score (nSPS) is 12.5. The predicted octanol–water partition coefficient (Wildman–Crippen LogP) is 2.94. The summed E-state index contributed by atoms with van der Waals surface area (Å²) in [6.45, 7) is 3.27. The maximum atomic E-state index is 8.91. The van der Waals surface area contributed by atoms with Gasteiger partial charge in [0.05, 0.1) is 5.75 Å². The molecule has 0 saturated heterocycles. The van der Waals surface area contributed by atoms with Gasteiger partial charge in [-0.3, -0.25) is 0 Å². The Hall–Kier alpha value is -1.26. The van der Waals surface area contributed by atoms with Gasteiger partial charge in [0.15, 0.2) is 0 Å². The number of benzene rings is 1. The largest absolute Gasteiger partial charge is 0.396 e. The molecule has 1 aromatic heterocycles. The minimum absolute atomic E-state index is 0.257. The Balaban J connectivity index is 1.94. The molecule has 0 aliphatic carbocycles. The van der Waals surface area contributed by atoms with E-state index >= 15 is 0 Å². The fraction of sp³-hybridized carbons (Fsp3) is 0.400. The van der Waals surface area contributed by atoms with Crippen LogP contribution in [0.1, 0.15) is 24.7 Å². The molecule has 102 valence electrons. The van der Waals surface area contributed by atoms with Gasteiger partial charge in [-0.1, -0.05) is 37.3 Å². The highest BCUT2D eigenvalue weighted by Crippen LogP contribution is 2.19. The van der Waals surface area contributed by atoms with E-state index in [1.165, 1.54) is 5.56 Å². The SMILES string of the molecule is C[C@@H](CCO)SCc1nccn1Cc1ccccc1. The van der Waals surface area contributed by atoms with Gasteiger partial charge in [0.1, 0.15) is 5.82 Å². The molecule has 1 aromatic carbocycles. The highest BCUT2D eigenvalue weighted by atomic mass is 32.2. The monoisotopic (exact) mass is 276 g/mol. The molecule has 4 heteroatoms. The van der Waals surface area contributed by atoms with Crippen molar-refractivity contribution < 1.29 is 5.11 Å². The second kappa shape index (κ2) is 7.36. The van der Waals surface area contributed by atoms with Gasteiger partial charge in [-0.2, -0.15) is 11.8 Å². The summed E-state index contributed by atoms with van der Waals surface area (Å²) in [5.74, 6) is 1.99. The second-order valence-corrected chi connectivity index (χ2v) is 6.02. The third-order valence-corrected chi connectivity index (χ3v) is 4.26. The van der Waals surface area contributed by atoms with E-state index in [4.69, 9.17) is 5.11 Å². The van der Waals surface area contributed by atoms with Crippen molar-refractivity contribution in [1.82, 2.24) is 9.55 Å². The van der Waals surface area contributed by atoms with Crippen LogP contribution in [0.25, 0.3) is 0 Å². The summed E-state index contributed by atoms with van der Waals surface area (Å²) in [7, 11) is 0. The Kier molecular flexibility index (Phi) is 5.48. The zero-order chi connectivity index (χ0) is 13.5. The van der Waals surface area contributed by atoms with Crippen molar-refractivity contribution in [2.24, 2.45) is 0 Å². The number of aromatic nitrogens is 2. The van der Waals surface area contributed by atoms with E-state index in [0.717, 1.165) is 24.5 Å². The van der Waals surface area contributed by atoms with Crippen LogP contribution in [0.15, 0.2) is 42.7 Å². The van der Waals surface area contributed by atoms with E-state index in [-0.39, 0.29) is 6.61 Å². The Morgan fingerprint density at radius 1 is 1.32 bits per heavy atom. The van der Waals surface area contributed by atoms with Crippen LogP contribution in [0.5, 0.6) is 0 Å². The summed E-state index contributed by atoms with van der Waals surface area (Å²) in [6.07, 6.45) is 4.72. The summed E-state index contributed by atoms with van der Waals surface area (Å²) in [6, 6.07) is 10.4. The minimum Gasteiger partial charge on any atom is -0.396 e. The molecule has 0 unspecified atom stereocenters. The summed E-state index contributed by atoms with van der Waals surface area (Å²) < 4.78 is 2.19. The van der Waals surface area contributed by atoms with E-state index < -0.39 is 0 Å². The molecule has 0 aliphatic rings. The predicted molar refractivity (Wildman–Crippen MR) is 80.2 cm³/mol. The van der Waals surface area contributed by atoms with Crippen LogP contribution >= 0.6 is 11.8 Å². The van der Waals surface area contributed by atoms with E-state index in [0.29, 0.717) is 5.25 Å². The molecular formula is C15H20N2OS. The first-order valence-corrected chi connectivity index (χ1v) is 7.61. The average Bonchev–Trinajstić information content (AvgIpc) is 2.85. The number of rotatable bonds is 7. The molecule has 2 rings (SSSR count). The fourth-order valence-electron chi connectivity index (χ4n) is 1.89. The molecule has 0 bridgehead atoms. The first-order chi connectivity index (χ1) is 9.29. The fourth-order valence-corrected chi connectivity index (χ4v) is 2.83. The van der Waals surface area contributed by atoms with Crippen molar-refractivity contribution in [2.75, 3.05) is 6.61 Å². The standard InChI is InChI=1S/C15H20N2OS/c1-13(7-10-18)19-12-15-16-8-9-17(15)11-14-5-3-2-4-6-14/h2-6,8-9,13,18H,7,10-12H2,1H3/t13-/m0/s1. The summed E-state index contributed by atoms with van der Waals surface area (Å²) in [5, 5.41) is 9.37. The number of aliphatic hydroxyl groups is 1. The first-order valence-electron chi connectivity index (χ1n) is 6.56. The Morgan fingerprint density at radius 2 is 2.11 bits per heavy atom. The molecule has 2 aromatic rings. The van der Waals surface area contributed by atoms with Crippen molar-refractivity contribution in [2.45, 2.75) is 30.9 Å². The van der Waals surface area contributed by atoms with Crippen molar-refractivity contribution in [3.8, 4) is 0 Å². The second-order valence-electron chi connectivity index (χ2n) is 4.59. The smallest absolute Gasteiger partial charge is 0.118 e. The number of nitrogens with zero attached hydrogens (tertiary/aromatic N) is 2. The summed E-state index contributed by atoms with van der Waals surface area (Å²) in [4.78, 5) is 4.42. The topological polar surface area (TPSA) is 38.1 Å². The number of hydrogen-bond acceptors (Lipinski definition) is 3. The van der Waals surface area contributed by atoms with Crippen LogP contribution in [0.4, 0.5) is 0 Å².